The molecule has 30 heavy (non-hydrogen) atoms. The second kappa shape index (κ2) is 7.54. The van der Waals surface area contributed by atoms with Crippen molar-refractivity contribution in [1.82, 2.24) is 14.9 Å². The predicted octanol–water partition coefficient (Wildman–Crippen LogP) is 3.57. The Labute approximate surface area is 176 Å². The Balaban J connectivity index is 1.34. The van der Waals surface area contributed by atoms with Crippen LogP contribution < -0.4 is 10.1 Å². The van der Waals surface area contributed by atoms with E-state index in [9.17, 15) is 9.90 Å². The number of nitrogens with one attached hydrogen (secondary N) is 1. The van der Waals surface area contributed by atoms with Crippen molar-refractivity contribution in [2.24, 2.45) is 5.92 Å². The molecule has 2 fully saturated rings. The fourth-order valence-corrected chi connectivity index (χ4v) is 4.12. The van der Waals surface area contributed by atoms with E-state index in [4.69, 9.17) is 4.74 Å². The summed E-state index contributed by atoms with van der Waals surface area (Å²) in [5.41, 5.74) is 3.47. The van der Waals surface area contributed by atoms with Gasteiger partial charge in [0.15, 0.2) is 0 Å². The van der Waals surface area contributed by atoms with E-state index in [0.29, 0.717) is 29.9 Å². The van der Waals surface area contributed by atoms with Gasteiger partial charge in [-0.2, -0.15) is 0 Å². The lowest BCUT2D eigenvalue weighted by Crippen LogP contribution is -2.28. The number of hydrogen-bond donors (Lipinski definition) is 2. The van der Waals surface area contributed by atoms with Crippen molar-refractivity contribution in [3.63, 3.8) is 0 Å². The van der Waals surface area contributed by atoms with E-state index < -0.39 is 6.23 Å². The van der Waals surface area contributed by atoms with Gasteiger partial charge in [-0.15, -0.1) is 0 Å². The van der Waals surface area contributed by atoms with Crippen LogP contribution in [0.4, 0.5) is 5.82 Å². The number of amides is 1. The van der Waals surface area contributed by atoms with E-state index in [1.807, 2.05) is 24.9 Å². The molecule has 2 saturated carbocycles. The molecule has 1 aliphatic heterocycles. The monoisotopic (exact) mass is 408 g/mol. The highest BCUT2D eigenvalue weighted by molar-refractivity contribution is 5.99. The normalized spacial score (nSPS) is 20.5. The number of pyridine rings is 2. The van der Waals surface area contributed by atoms with E-state index >= 15 is 0 Å². The van der Waals surface area contributed by atoms with Crippen LogP contribution in [0.2, 0.25) is 0 Å². The van der Waals surface area contributed by atoms with Gasteiger partial charge in [0.25, 0.3) is 5.91 Å². The van der Waals surface area contributed by atoms with Crippen LogP contribution in [0.15, 0.2) is 24.5 Å². The van der Waals surface area contributed by atoms with Crippen LogP contribution in [0.5, 0.6) is 5.88 Å². The van der Waals surface area contributed by atoms with Crippen LogP contribution in [-0.2, 0) is 6.54 Å². The first kappa shape index (κ1) is 19.3. The SMILES string of the molecule is Cc1cc(C(C)N2Cc3c(ccnc3NC(O)C3CC3)C2=O)cnc1OC1CCC1. The van der Waals surface area contributed by atoms with Crippen LogP contribution in [0.1, 0.15) is 72.1 Å². The Morgan fingerprint density at radius 1 is 1.27 bits per heavy atom. The zero-order valence-electron chi connectivity index (χ0n) is 17.5. The van der Waals surface area contributed by atoms with Crippen LogP contribution in [0.25, 0.3) is 0 Å². The number of carbonyl (C=O) groups is 1. The summed E-state index contributed by atoms with van der Waals surface area (Å²) in [5, 5.41) is 13.4. The number of aryl methyl sites for hydroxylation is 1. The molecular weight excluding hydrogens is 380 g/mol. The van der Waals surface area contributed by atoms with Gasteiger partial charge >= 0.3 is 0 Å². The van der Waals surface area contributed by atoms with Crippen molar-refractivity contribution < 1.29 is 14.6 Å². The quantitative estimate of drug-likeness (QED) is 0.681. The van der Waals surface area contributed by atoms with Crippen LogP contribution in [0, 0.1) is 12.8 Å². The first-order valence-corrected chi connectivity index (χ1v) is 10.9. The van der Waals surface area contributed by atoms with Crippen LogP contribution >= 0.6 is 0 Å². The molecule has 7 heteroatoms. The molecule has 0 spiro atoms. The van der Waals surface area contributed by atoms with Crippen molar-refractivity contribution in [1.29, 1.82) is 0 Å². The van der Waals surface area contributed by atoms with Gasteiger partial charge in [0.2, 0.25) is 5.88 Å². The minimum atomic E-state index is -0.611. The maximum atomic E-state index is 13.1. The van der Waals surface area contributed by atoms with Crippen LogP contribution in [-0.4, -0.2) is 38.2 Å². The lowest BCUT2D eigenvalue weighted by Gasteiger charge is -2.28. The second-order valence-electron chi connectivity index (χ2n) is 8.78. The molecule has 2 atom stereocenters. The molecule has 2 unspecified atom stereocenters. The standard InChI is InChI=1S/C23H28N4O3/c1-13-10-16(11-25-22(13)30-17-4-3-5-17)14(2)27-12-19-18(23(27)29)8-9-24-20(19)26-21(28)15-6-7-15/h8-11,14-15,17,21,28H,3-7,12H2,1-2H3,(H,24,26). The summed E-state index contributed by atoms with van der Waals surface area (Å²) < 4.78 is 5.96. The van der Waals surface area contributed by atoms with E-state index in [1.165, 1.54) is 6.42 Å². The number of ether oxygens (including phenoxy) is 1. The molecule has 1 amide bonds. The molecule has 3 heterocycles. The largest absolute Gasteiger partial charge is 0.474 e. The molecule has 0 saturated heterocycles. The van der Waals surface area contributed by atoms with E-state index in [-0.39, 0.29) is 17.9 Å². The van der Waals surface area contributed by atoms with Gasteiger partial charge in [-0.05, 0) is 63.6 Å². The highest BCUT2D eigenvalue weighted by Gasteiger charge is 2.36. The molecule has 0 bridgehead atoms. The smallest absolute Gasteiger partial charge is 0.255 e. The number of aliphatic hydroxyl groups excluding tert-OH is 1. The zero-order chi connectivity index (χ0) is 20.8. The van der Waals surface area contributed by atoms with Gasteiger partial charge in [0.05, 0.1) is 12.6 Å². The molecule has 3 aliphatic rings. The Morgan fingerprint density at radius 2 is 2.07 bits per heavy atom. The summed E-state index contributed by atoms with van der Waals surface area (Å²) in [5.74, 6) is 1.56. The van der Waals surface area contributed by atoms with Gasteiger partial charge in [0, 0.05) is 35.0 Å². The minimum Gasteiger partial charge on any atom is -0.474 e. The molecule has 0 aromatic carbocycles. The van der Waals surface area contributed by atoms with E-state index in [1.54, 1.807) is 12.3 Å². The Morgan fingerprint density at radius 3 is 2.73 bits per heavy atom. The number of aromatic nitrogens is 2. The van der Waals surface area contributed by atoms with E-state index in [0.717, 1.165) is 42.4 Å². The topological polar surface area (TPSA) is 87.6 Å². The first-order chi connectivity index (χ1) is 14.5. The Hall–Kier alpha value is -2.67. The summed E-state index contributed by atoms with van der Waals surface area (Å²) in [6.07, 6.45) is 8.59. The molecule has 2 aliphatic carbocycles. The molecule has 2 aromatic heterocycles. The summed E-state index contributed by atoms with van der Waals surface area (Å²) in [7, 11) is 0. The molecule has 0 radical (unpaired) electrons. The van der Waals surface area contributed by atoms with Crippen molar-refractivity contribution in [3.05, 3.63) is 46.8 Å². The number of hydrogen-bond acceptors (Lipinski definition) is 6. The highest BCUT2D eigenvalue weighted by atomic mass is 16.5. The number of nitrogens with zero attached hydrogens (tertiary/aromatic N) is 3. The molecular formula is C23H28N4O3. The van der Waals surface area contributed by atoms with Crippen molar-refractivity contribution in [3.8, 4) is 5.88 Å². The number of carbonyl (C=O) groups excluding carboxylic acids is 1. The minimum absolute atomic E-state index is 0.0173. The summed E-state index contributed by atoms with van der Waals surface area (Å²) in [4.78, 5) is 23.9. The lowest BCUT2D eigenvalue weighted by atomic mass is 9.96. The average molecular weight is 409 g/mol. The maximum Gasteiger partial charge on any atom is 0.255 e. The van der Waals surface area contributed by atoms with Gasteiger partial charge in [-0.25, -0.2) is 9.97 Å². The fraction of sp³-hybridized carbons (Fsp3) is 0.522. The summed E-state index contributed by atoms with van der Waals surface area (Å²) in [6.45, 7) is 4.48. The number of rotatable bonds is 7. The lowest BCUT2D eigenvalue weighted by molar-refractivity contribution is 0.0715. The molecule has 2 N–H and O–H groups in total. The average Bonchev–Trinajstić information content (AvgIpc) is 3.50. The fourth-order valence-electron chi connectivity index (χ4n) is 4.12. The Bertz CT molecular complexity index is 971. The van der Waals surface area contributed by atoms with Gasteiger partial charge < -0.3 is 20.1 Å². The van der Waals surface area contributed by atoms with E-state index in [2.05, 4.69) is 21.4 Å². The number of anilines is 1. The third-order valence-corrected chi connectivity index (χ3v) is 6.56. The highest BCUT2D eigenvalue weighted by Crippen LogP contribution is 2.37. The number of fused-ring (bicyclic) bond motifs is 1. The third-order valence-electron chi connectivity index (χ3n) is 6.56. The predicted molar refractivity (Wildman–Crippen MR) is 112 cm³/mol. The van der Waals surface area contributed by atoms with Crippen molar-refractivity contribution in [2.75, 3.05) is 5.32 Å². The molecule has 7 nitrogen and oxygen atoms in total. The molecule has 2 aromatic rings. The van der Waals surface area contributed by atoms with Crippen molar-refractivity contribution >= 4 is 11.7 Å². The second-order valence-corrected chi connectivity index (χ2v) is 8.78. The van der Waals surface area contributed by atoms with Gasteiger partial charge in [0.1, 0.15) is 18.1 Å². The zero-order valence-corrected chi connectivity index (χ0v) is 17.5. The summed E-state index contributed by atoms with van der Waals surface area (Å²) in [6, 6.07) is 3.70. The first-order valence-electron chi connectivity index (χ1n) is 10.9. The number of aliphatic hydroxyl groups is 1. The Kier molecular flexibility index (Phi) is 4.85. The molecule has 158 valence electrons. The van der Waals surface area contributed by atoms with Gasteiger partial charge in [-0.1, -0.05) is 0 Å². The third kappa shape index (κ3) is 3.51. The van der Waals surface area contributed by atoms with Crippen molar-refractivity contribution in [2.45, 2.75) is 70.9 Å². The maximum absolute atomic E-state index is 13.1. The van der Waals surface area contributed by atoms with Crippen LogP contribution in [0.3, 0.4) is 0 Å². The van der Waals surface area contributed by atoms with Gasteiger partial charge in [-0.3, -0.25) is 4.79 Å². The molecule has 5 rings (SSSR count). The summed E-state index contributed by atoms with van der Waals surface area (Å²) >= 11 is 0.